The lowest BCUT2D eigenvalue weighted by atomic mass is 10.1. The average Bonchev–Trinajstić information content (AvgIpc) is 1.96. The van der Waals surface area contributed by atoms with E-state index in [2.05, 4.69) is 28.7 Å². The first-order chi connectivity index (χ1) is 5.59. The van der Waals surface area contributed by atoms with Gasteiger partial charge in [-0.15, -0.1) is 0 Å². The molecule has 0 fully saturated rings. The Kier molecular flexibility index (Phi) is 3.80. The topological polar surface area (TPSA) is 26.0 Å². The first-order valence-corrected chi connectivity index (χ1v) is 5.25. The third kappa shape index (κ3) is 2.92. The molecular formula is C9H11ClIN. The van der Waals surface area contributed by atoms with E-state index in [0.717, 1.165) is 15.0 Å². The fourth-order valence-electron chi connectivity index (χ4n) is 1.04. The fourth-order valence-corrected chi connectivity index (χ4v) is 1.58. The van der Waals surface area contributed by atoms with Gasteiger partial charge in [-0.2, -0.15) is 0 Å². The Balaban J connectivity index is 2.82. The Morgan fingerprint density at radius 2 is 2.25 bits per heavy atom. The van der Waals surface area contributed by atoms with Crippen LogP contribution in [0, 0.1) is 3.57 Å². The second-order valence-corrected chi connectivity index (χ2v) is 4.50. The maximum atomic E-state index is 5.95. The maximum Gasteiger partial charge on any atom is 0.0542 e. The molecule has 2 N–H and O–H groups in total. The standard InChI is InChI=1S/C9H11ClIN/c1-6(12)4-7-2-3-9(11)8(10)5-7/h2-3,5-6H,4,12H2,1H3/t6-/m0/s1. The van der Waals surface area contributed by atoms with E-state index in [0.29, 0.717) is 0 Å². The molecule has 0 spiro atoms. The summed E-state index contributed by atoms with van der Waals surface area (Å²) in [7, 11) is 0. The highest BCUT2D eigenvalue weighted by Crippen LogP contribution is 2.19. The highest BCUT2D eigenvalue weighted by Gasteiger charge is 2.00. The Bertz CT molecular complexity index is 273. The molecule has 0 radical (unpaired) electrons. The fraction of sp³-hybridized carbons (Fsp3) is 0.333. The lowest BCUT2D eigenvalue weighted by Crippen LogP contribution is -2.17. The third-order valence-electron chi connectivity index (χ3n) is 1.54. The van der Waals surface area contributed by atoms with Gasteiger partial charge in [0.2, 0.25) is 0 Å². The van der Waals surface area contributed by atoms with Crippen molar-refractivity contribution in [2.45, 2.75) is 19.4 Å². The van der Waals surface area contributed by atoms with Crippen LogP contribution in [0.25, 0.3) is 0 Å². The summed E-state index contributed by atoms with van der Waals surface area (Å²) >= 11 is 8.16. The molecule has 0 unspecified atom stereocenters. The van der Waals surface area contributed by atoms with E-state index in [1.165, 1.54) is 5.56 Å². The molecule has 1 atom stereocenters. The van der Waals surface area contributed by atoms with Crippen molar-refractivity contribution in [3.05, 3.63) is 32.4 Å². The number of rotatable bonds is 2. The Labute approximate surface area is 91.4 Å². The number of hydrogen-bond donors (Lipinski definition) is 1. The van der Waals surface area contributed by atoms with Crippen LogP contribution in [-0.2, 0) is 6.42 Å². The predicted octanol–water partition coefficient (Wildman–Crippen LogP) is 2.83. The molecule has 0 heterocycles. The molecule has 0 aliphatic carbocycles. The van der Waals surface area contributed by atoms with Crippen LogP contribution in [0.3, 0.4) is 0 Å². The van der Waals surface area contributed by atoms with Crippen LogP contribution in [0.2, 0.25) is 5.02 Å². The molecule has 0 saturated heterocycles. The molecule has 1 aromatic rings. The first kappa shape index (κ1) is 10.3. The molecule has 1 aromatic carbocycles. The smallest absolute Gasteiger partial charge is 0.0542 e. The highest BCUT2D eigenvalue weighted by atomic mass is 127. The molecule has 66 valence electrons. The number of hydrogen-bond acceptors (Lipinski definition) is 1. The predicted molar refractivity (Wildman–Crippen MR) is 61.5 cm³/mol. The van der Waals surface area contributed by atoms with E-state index in [1.54, 1.807) is 0 Å². The molecule has 0 aromatic heterocycles. The van der Waals surface area contributed by atoms with E-state index in [9.17, 15) is 0 Å². The van der Waals surface area contributed by atoms with E-state index < -0.39 is 0 Å². The molecule has 12 heavy (non-hydrogen) atoms. The summed E-state index contributed by atoms with van der Waals surface area (Å²) in [5, 5.41) is 0.814. The molecule has 0 aliphatic heterocycles. The van der Waals surface area contributed by atoms with Crippen molar-refractivity contribution in [3.63, 3.8) is 0 Å². The van der Waals surface area contributed by atoms with Gasteiger partial charge in [0.15, 0.2) is 0 Å². The Hall–Kier alpha value is 0.200. The molecule has 0 aliphatic rings. The molecule has 3 heteroatoms. The van der Waals surface area contributed by atoms with E-state index >= 15 is 0 Å². The van der Waals surface area contributed by atoms with Crippen LogP contribution in [-0.4, -0.2) is 6.04 Å². The second-order valence-electron chi connectivity index (χ2n) is 2.93. The van der Waals surface area contributed by atoms with Crippen LogP contribution >= 0.6 is 34.2 Å². The monoisotopic (exact) mass is 295 g/mol. The van der Waals surface area contributed by atoms with Crippen LogP contribution in [0.5, 0.6) is 0 Å². The maximum absolute atomic E-state index is 5.95. The molecule has 0 bridgehead atoms. The zero-order valence-electron chi connectivity index (χ0n) is 6.85. The van der Waals surface area contributed by atoms with Gasteiger partial charge in [0.05, 0.1) is 5.02 Å². The number of benzene rings is 1. The molecule has 1 nitrogen and oxygen atoms in total. The normalized spacial score (nSPS) is 13.0. The van der Waals surface area contributed by atoms with E-state index in [4.69, 9.17) is 17.3 Å². The van der Waals surface area contributed by atoms with Crippen LogP contribution < -0.4 is 5.73 Å². The lowest BCUT2D eigenvalue weighted by molar-refractivity contribution is 0.738. The minimum absolute atomic E-state index is 0.195. The van der Waals surface area contributed by atoms with Crippen molar-refractivity contribution >= 4 is 34.2 Å². The second kappa shape index (κ2) is 4.44. The Morgan fingerprint density at radius 1 is 1.58 bits per heavy atom. The summed E-state index contributed by atoms with van der Waals surface area (Å²) in [5.74, 6) is 0. The average molecular weight is 296 g/mol. The van der Waals surface area contributed by atoms with Gasteiger partial charge < -0.3 is 5.73 Å². The number of nitrogens with two attached hydrogens (primary N) is 1. The molecule has 0 amide bonds. The van der Waals surface area contributed by atoms with Gasteiger partial charge in [-0.05, 0) is 53.6 Å². The van der Waals surface area contributed by atoms with Crippen LogP contribution in [0.15, 0.2) is 18.2 Å². The summed E-state index contributed by atoms with van der Waals surface area (Å²) in [6, 6.07) is 6.26. The van der Waals surface area contributed by atoms with Crippen molar-refractivity contribution in [1.29, 1.82) is 0 Å². The first-order valence-electron chi connectivity index (χ1n) is 3.79. The zero-order valence-corrected chi connectivity index (χ0v) is 9.76. The molecule has 1 rings (SSSR count). The van der Waals surface area contributed by atoms with Crippen molar-refractivity contribution in [2.24, 2.45) is 5.73 Å². The van der Waals surface area contributed by atoms with Crippen molar-refractivity contribution in [1.82, 2.24) is 0 Å². The van der Waals surface area contributed by atoms with Gasteiger partial charge in [-0.3, -0.25) is 0 Å². The van der Waals surface area contributed by atoms with Gasteiger partial charge in [0.25, 0.3) is 0 Å². The Morgan fingerprint density at radius 3 is 2.75 bits per heavy atom. The zero-order chi connectivity index (χ0) is 9.14. The van der Waals surface area contributed by atoms with Crippen LogP contribution in [0.1, 0.15) is 12.5 Å². The molecule has 0 saturated carbocycles. The minimum Gasteiger partial charge on any atom is -0.328 e. The van der Waals surface area contributed by atoms with Crippen molar-refractivity contribution in [3.8, 4) is 0 Å². The number of halogens is 2. The van der Waals surface area contributed by atoms with Crippen LogP contribution in [0.4, 0.5) is 0 Å². The molecular weight excluding hydrogens is 284 g/mol. The summed E-state index contributed by atoms with van der Waals surface area (Å²) in [5.41, 5.74) is 6.87. The van der Waals surface area contributed by atoms with Crippen molar-refractivity contribution in [2.75, 3.05) is 0 Å². The van der Waals surface area contributed by atoms with E-state index in [-0.39, 0.29) is 6.04 Å². The summed E-state index contributed by atoms with van der Waals surface area (Å²) in [6.45, 7) is 1.99. The largest absolute Gasteiger partial charge is 0.328 e. The van der Waals surface area contributed by atoms with E-state index in [1.807, 2.05) is 19.1 Å². The van der Waals surface area contributed by atoms with Crippen molar-refractivity contribution < 1.29 is 0 Å². The van der Waals surface area contributed by atoms with Gasteiger partial charge in [-0.25, -0.2) is 0 Å². The third-order valence-corrected chi connectivity index (χ3v) is 3.11. The highest BCUT2D eigenvalue weighted by molar-refractivity contribution is 14.1. The SMILES string of the molecule is C[C@H](N)Cc1ccc(I)c(Cl)c1. The summed E-state index contributed by atoms with van der Waals surface area (Å²) < 4.78 is 1.09. The lowest BCUT2D eigenvalue weighted by Gasteiger charge is -2.05. The summed E-state index contributed by atoms with van der Waals surface area (Å²) in [4.78, 5) is 0. The quantitative estimate of drug-likeness (QED) is 0.834. The minimum atomic E-state index is 0.195. The van der Waals surface area contributed by atoms with Gasteiger partial charge in [0, 0.05) is 9.61 Å². The summed E-state index contributed by atoms with van der Waals surface area (Å²) in [6.07, 6.45) is 0.886. The van der Waals surface area contributed by atoms with Gasteiger partial charge in [0.1, 0.15) is 0 Å². The van der Waals surface area contributed by atoms with Gasteiger partial charge >= 0.3 is 0 Å². The van der Waals surface area contributed by atoms with Gasteiger partial charge in [-0.1, -0.05) is 17.7 Å².